The summed E-state index contributed by atoms with van der Waals surface area (Å²) in [5.41, 5.74) is 1.16. The molecule has 0 saturated carbocycles. The predicted molar refractivity (Wildman–Crippen MR) is 128 cm³/mol. The maximum atomic E-state index is 13.7. The number of alkyl halides is 2. The molecule has 0 spiro atoms. The summed E-state index contributed by atoms with van der Waals surface area (Å²) in [4.78, 5) is 32.0. The molecule has 1 aromatic heterocycles. The van der Waals surface area contributed by atoms with Gasteiger partial charge in [-0.15, -0.1) is 0 Å². The van der Waals surface area contributed by atoms with Crippen LogP contribution in [0.4, 0.5) is 14.5 Å². The van der Waals surface area contributed by atoms with Gasteiger partial charge < -0.3 is 25.4 Å². The zero-order chi connectivity index (χ0) is 25.8. The van der Waals surface area contributed by atoms with Crippen LogP contribution in [0.2, 0.25) is 0 Å². The standard InChI is InChI=1S/C25H32F2N4O4/c1-15(2)18-7-5-6-8-19(18)25(13-31(14-25)21(33)11-28-17(4)12-32)23(34)30-20-10-9-16(3)29-22(20)35-24(26)27/h5-10,15,17,24,28,32H,11-14H2,1-4H3,(H,30,34)/t17-/m0/s1. The lowest BCUT2D eigenvalue weighted by Crippen LogP contribution is -2.67. The molecule has 1 aliphatic heterocycles. The lowest BCUT2D eigenvalue weighted by molar-refractivity contribution is -0.143. The van der Waals surface area contributed by atoms with Crippen molar-refractivity contribution in [2.24, 2.45) is 0 Å². The topological polar surface area (TPSA) is 104 Å². The predicted octanol–water partition coefficient (Wildman–Crippen LogP) is 2.80. The minimum Gasteiger partial charge on any atom is -0.415 e. The summed E-state index contributed by atoms with van der Waals surface area (Å²) in [6.45, 7) is 4.51. The zero-order valence-electron chi connectivity index (χ0n) is 20.3. The van der Waals surface area contributed by atoms with Gasteiger partial charge >= 0.3 is 6.61 Å². The average Bonchev–Trinajstić information content (AvgIpc) is 2.78. The second-order valence-electron chi connectivity index (χ2n) is 9.18. The van der Waals surface area contributed by atoms with Crippen LogP contribution < -0.4 is 15.4 Å². The average molecular weight is 491 g/mol. The molecule has 35 heavy (non-hydrogen) atoms. The van der Waals surface area contributed by atoms with Crippen LogP contribution in [0.25, 0.3) is 0 Å². The minimum atomic E-state index is -3.10. The van der Waals surface area contributed by atoms with Crippen LogP contribution in [-0.2, 0) is 15.0 Å². The lowest BCUT2D eigenvalue weighted by atomic mass is 9.69. The SMILES string of the molecule is Cc1ccc(NC(=O)C2(c3ccccc3C(C)C)CN(C(=O)CN[C@@H](C)CO)C2)c(OC(F)F)n1. The van der Waals surface area contributed by atoms with E-state index in [1.165, 1.54) is 6.07 Å². The molecule has 3 N–H and O–H groups in total. The van der Waals surface area contributed by atoms with Gasteiger partial charge in [0, 0.05) is 24.8 Å². The molecule has 1 saturated heterocycles. The number of hydrogen-bond donors (Lipinski definition) is 3. The van der Waals surface area contributed by atoms with Gasteiger partial charge in [0.2, 0.25) is 17.7 Å². The Bertz CT molecular complexity index is 1060. The number of benzene rings is 1. The van der Waals surface area contributed by atoms with Crippen molar-refractivity contribution >= 4 is 17.5 Å². The second-order valence-corrected chi connectivity index (χ2v) is 9.18. The third-order valence-corrected chi connectivity index (χ3v) is 6.13. The van der Waals surface area contributed by atoms with E-state index in [4.69, 9.17) is 0 Å². The van der Waals surface area contributed by atoms with Gasteiger partial charge in [0.25, 0.3) is 0 Å². The zero-order valence-corrected chi connectivity index (χ0v) is 20.3. The number of nitrogens with one attached hydrogen (secondary N) is 2. The molecular formula is C25H32F2N4O4. The monoisotopic (exact) mass is 490 g/mol. The Hall–Kier alpha value is -3.11. The summed E-state index contributed by atoms with van der Waals surface area (Å²) in [6.07, 6.45) is 0. The van der Waals surface area contributed by atoms with E-state index < -0.39 is 17.9 Å². The van der Waals surface area contributed by atoms with Gasteiger partial charge in [-0.05, 0) is 43.0 Å². The Kier molecular flexibility index (Phi) is 8.39. The summed E-state index contributed by atoms with van der Waals surface area (Å²) in [7, 11) is 0. The molecule has 8 nitrogen and oxygen atoms in total. The van der Waals surface area contributed by atoms with Crippen LogP contribution in [0.5, 0.6) is 5.88 Å². The number of aliphatic hydroxyl groups excluding tert-OH is 1. The fourth-order valence-corrected chi connectivity index (χ4v) is 4.14. The van der Waals surface area contributed by atoms with E-state index in [2.05, 4.69) is 20.4 Å². The minimum absolute atomic E-state index is 0.0273. The fraction of sp³-hybridized carbons (Fsp3) is 0.480. The Morgan fingerprint density at radius 3 is 2.49 bits per heavy atom. The van der Waals surface area contributed by atoms with Crippen molar-refractivity contribution in [3.05, 3.63) is 53.2 Å². The largest absolute Gasteiger partial charge is 0.415 e. The Morgan fingerprint density at radius 2 is 1.86 bits per heavy atom. The highest BCUT2D eigenvalue weighted by atomic mass is 19.3. The van der Waals surface area contributed by atoms with Gasteiger partial charge in [-0.1, -0.05) is 38.1 Å². The van der Waals surface area contributed by atoms with Gasteiger partial charge in [0.15, 0.2) is 0 Å². The fourth-order valence-electron chi connectivity index (χ4n) is 4.14. The maximum Gasteiger partial charge on any atom is 0.388 e. The molecule has 0 aliphatic carbocycles. The Balaban J connectivity index is 1.91. The molecule has 1 atom stereocenters. The normalized spacial score (nSPS) is 15.6. The lowest BCUT2D eigenvalue weighted by Gasteiger charge is -2.50. The van der Waals surface area contributed by atoms with E-state index in [1.54, 1.807) is 24.8 Å². The number of nitrogens with zero attached hydrogens (tertiary/aromatic N) is 2. The Labute approximate surface area is 203 Å². The first-order valence-corrected chi connectivity index (χ1v) is 11.5. The van der Waals surface area contributed by atoms with E-state index in [0.717, 1.165) is 11.1 Å². The highest BCUT2D eigenvalue weighted by Gasteiger charge is 2.53. The van der Waals surface area contributed by atoms with Crippen LogP contribution >= 0.6 is 0 Å². The number of rotatable bonds is 10. The highest BCUT2D eigenvalue weighted by Crippen LogP contribution is 2.40. The van der Waals surface area contributed by atoms with E-state index in [-0.39, 0.29) is 55.7 Å². The molecule has 2 heterocycles. The van der Waals surface area contributed by atoms with E-state index >= 15 is 0 Å². The number of pyridine rings is 1. The van der Waals surface area contributed by atoms with E-state index in [9.17, 15) is 23.5 Å². The van der Waals surface area contributed by atoms with Crippen molar-refractivity contribution in [2.75, 3.05) is 31.6 Å². The number of aryl methyl sites for hydroxylation is 1. The van der Waals surface area contributed by atoms with Crippen molar-refractivity contribution in [2.45, 2.75) is 51.7 Å². The van der Waals surface area contributed by atoms with E-state index in [0.29, 0.717) is 5.69 Å². The smallest absolute Gasteiger partial charge is 0.388 e. The molecule has 190 valence electrons. The third kappa shape index (κ3) is 5.94. The molecule has 1 fully saturated rings. The molecular weight excluding hydrogens is 458 g/mol. The second kappa shape index (κ2) is 11.1. The van der Waals surface area contributed by atoms with Crippen LogP contribution in [-0.4, -0.2) is 65.7 Å². The van der Waals surface area contributed by atoms with E-state index in [1.807, 2.05) is 38.1 Å². The first-order chi connectivity index (χ1) is 16.6. The number of aromatic nitrogens is 1. The molecule has 2 amide bonds. The molecule has 1 aromatic carbocycles. The van der Waals surface area contributed by atoms with Crippen molar-refractivity contribution in [1.82, 2.24) is 15.2 Å². The summed E-state index contributed by atoms with van der Waals surface area (Å²) < 4.78 is 30.4. The summed E-state index contributed by atoms with van der Waals surface area (Å²) >= 11 is 0. The van der Waals surface area contributed by atoms with Crippen molar-refractivity contribution in [3.63, 3.8) is 0 Å². The number of hydrogen-bond acceptors (Lipinski definition) is 6. The Morgan fingerprint density at radius 1 is 1.17 bits per heavy atom. The van der Waals surface area contributed by atoms with Crippen LogP contribution in [0.1, 0.15) is 43.5 Å². The number of ether oxygens (including phenoxy) is 1. The number of anilines is 1. The van der Waals surface area contributed by atoms with Gasteiger partial charge in [-0.25, -0.2) is 4.98 Å². The van der Waals surface area contributed by atoms with Crippen molar-refractivity contribution in [1.29, 1.82) is 0 Å². The number of carbonyl (C=O) groups excluding carboxylic acids is 2. The molecule has 1 aliphatic rings. The van der Waals surface area contributed by atoms with Gasteiger partial charge in [-0.3, -0.25) is 9.59 Å². The van der Waals surface area contributed by atoms with Crippen molar-refractivity contribution < 1.29 is 28.2 Å². The number of halogens is 2. The van der Waals surface area contributed by atoms with Gasteiger partial charge in [0.1, 0.15) is 11.1 Å². The van der Waals surface area contributed by atoms with Gasteiger partial charge in [-0.2, -0.15) is 8.78 Å². The van der Waals surface area contributed by atoms with Crippen LogP contribution in [0.15, 0.2) is 36.4 Å². The first kappa shape index (κ1) is 26.5. The molecule has 0 bridgehead atoms. The maximum absolute atomic E-state index is 13.7. The third-order valence-electron chi connectivity index (χ3n) is 6.13. The van der Waals surface area contributed by atoms with Crippen LogP contribution in [0.3, 0.4) is 0 Å². The summed E-state index contributed by atoms with van der Waals surface area (Å²) in [5.74, 6) is -0.882. The number of amides is 2. The summed E-state index contributed by atoms with van der Waals surface area (Å²) in [6, 6.07) is 10.4. The molecule has 10 heteroatoms. The number of likely N-dealkylation sites (tertiary alicyclic amines) is 1. The number of carbonyl (C=O) groups is 2. The quantitative estimate of drug-likeness (QED) is 0.473. The molecule has 0 radical (unpaired) electrons. The molecule has 2 aromatic rings. The first-order valence-electron chi connectivity index (χ1n) is 11.5. The molecule has 0 unspecified atom stereocenters. The van der Waals surface area contributed by atoms with Gasteiger partial charge in [0.05, 0.1) is 13.2 Å². The summed E-state index contributed by atoms with van der Waals surface area (Å²) in [5, 5.41) is 14.8. The van der Waals surface area contributed by atoms with Crippen LogP contribution in [0, 0.1) is 6.92 Å². The van der Waals surface area contributed by atoms with Crippen molar-refractivity contribution in [3.8, 4) is 5.88 Å². The highest BCUT2D eigenvalue weighted by molar-refractivity contribution is 6.02. The number of aliphatic hydroxyl groups is 1. The molecule has 3 rings (SSSR count).